The highest BCUT2D eigenvalue weighted by Crippen LogP contribution is 2.27. The molecule has 1 N–H and O–H groups in total. The quantitative estimate of drug-likeness (QED) is 0.793. The molecule has 0 saturated carbocycles. The first-order valence-electron chi connectivity index (χ1n) is 7.13. The number of aryl methyl sites for hydroxylation is 1. The summed E-state index contributed by atoms with van der Waals surface area (Å²) in [5, 5.41) is 4.43. The zero-order chi connectivity index (χ0) is 14.8. The number of hydrogen-bond acceptors (Lipinski definition) is 4. The van der Waals surface area contributed by atoms with Crippen LogP contribution in [0.2, 0.25) is 0 Å². The van der Waals surface area contributed by atoms with Gasteiger partial charge in [0.1, 0.15) is 11.6 Å². The standard InChI is InChI=1S/C17H18N4/c1-4-18-17-11(2)16(20-12(3)21-17)14-8-7-13-6-5-9-19-15(13)10-14/h5-10H,4H2,1-3H3,(H,18,20,21). The van der Waals surface area contributed by atoms with Crippen LogP contribution in [-0.2, 0) is 0 Å². The summed E-state index contributed by atoms with van der Waals surface area (Å²) >= 11 is 0. The Bertz CT molecular complexity index is 796. The molecule has 0 amide bonds. The van der Waals surface area contributed by atoms with Crippen LogP contribution in [-0.4, -0.2) is 21.5 Å². The van der Waals surface area contributed by atoms with Crippen molar-refractivity contribution in [2.75, 3.05) is 11.9 Å². The summed E-state index contributed by atoms with van der Waals surface area (Å²) in [4.78, 5) is 13.5. The van der Waals surface area contributed by atoms with Crippen molar-refractivity contribution >= 4 is 16.7 Å². The van der Waals surface area contributed by atoms with Crippen LogP contribution >= 0.6 is 0 Å². The molecule has 0 spiro atoms. The van der Waals surface area contributed by atoms with Crippen molar-refractivity contribution < 1.29 is 0 Å². The van der Waals surface area contributed by atoms with Gasteiger partial charge in [-0.2, -0.15) is 0 Å². The summed E-state index contributed by atoms with van der Waals surface area (Å²) in [5.74, 6) is 1.67. The van der Waals surface area contributed by atoms with Crippen LogP contribution in [0.25, 0.3) is 22.2 Å². The molecule has 0 atom stereocenters. The number of benzene rings is 1. The summed E-state index contributed by atoms with van der Waals surface area (Å²) < 4.78 is 0. The maximum Gasteiger partial charge on any atom is 0.133 e. The van der Waals surface area contributed by atoms with Crippen LogP contribution < -0.4 is 5.32 Å². The Hall–Kier alpha value is -2.49. The van der Waals surface area contributed by atoms with Crippen molar-refractivity contribution in [3.05, 3.63) is 47.9 Å². The maximum absolute atomic E-state index is 4.61. The molecule has 2 heterocycles. The molecule has 2 aromatic heterocycles. The van der Waals surface area contributed by atoms with Crippen LogP contribution in [0, 0.1) is 13.8 Å². The molecule has 4 nitrogen and oxygen atoms in total. The number of aromatic nitrogens is 3. The number of fused-ring (bicyclic) bond motifs is 1. The van der Waals surface area contributed by atoms with Gasteiger partial charge in [0.25, 0.3) is 0 Å². The lowest BCUT2D eigenvalue weighted by Gasteiger charge is -2.12. The molecule has 0 aliphatic carbocycles. The molecule has 0 aliphatic rings. The third kappa shape index (κ3) is 2.57. The van der Waals surface area contributed by atoms with Gasteiger partial charge in [-0.15, -0.1) is 0 Å². The van der Waals surface area contributed by atoms with Crippen LogP contribution in [0.5, 0.6) is 0 Å². The fourth-order valence-corrected chi connectivity index (χ4v) is 2.46. The van der Waals surface area contributed by atoms with Gasteiger partial charge < -0.3 is 5.32 Å². The van der Waals surface area contributed by atoms with E-state index in [9.17, 15) is 0 Å². The molecule has 106 valence electrons. The zero-order valence-electron chi connectivity index (χ0n) is 12.5. The SMILES string of the molecule is CCNc1nc(C)nc(-c2ccc3cccnc3c2)c1C. The van der Waals surface area contributed by atoms with Gasteiger partial charge in [0.2, 0.25) is 0 Å². The fourth-order valence-electron chi connectivity index (χ4n) is 2.46. The van der Waals surface area contributed by atoms with Gasteiger partial charge >= 0.3 is 0 Å². The third-order valence-electron chi connectivity index (χ3n) is 3.48. The van der Waals surface area contributed by atoms with E-state index in [0.717, 1.165) is 45.9 Å². The van der Waals surface area contributed by atoms with E-state index in [-0.39, 0.29) is 0 Å². The van der Waals surface area contributed by atoms with Crippen molar-refractivity contribution in [1.82, 2.24) is 15.0 Å². The van der Waals surface area contributed by atoms with Crippen LogP contribution in [0.15, 0.2) is 36.5 Å². The van der Waals surface area contributed by atoms with E-state index in [1.807, 2.05) is 19.2 Å². The second-order valence-electron chi connectivity index (χ2n) is 5.03. The van der Waals surface area contributed by atoms with Crippen molar-refractivity contribution in [2.45, 2.75) is 20.8 Å². The average molecular weight is 278 g/mol. The van der Waals surface area contributed by atoms with E-state index in [2.05, 4.69) is 58.4 Å². The molecule has 0 radical (unpaired) electrons. The second kappa shape index (κ2) is 5.48. The molecular weight excluding hydrogens is 260 g/mol. The Morgan fingerprint density at radius 1 is 1.10 bits per heavy atom. The Morgan fingerprint density at radius 2 is 1.95 bits per heavy atom. The minimum atomic E-state index is 0.771. The first-order valence-corrected chi connectivity index (χ1v) is 7.13. The average Bonchev–Trinajstić information content (AvgIpc) is 2.50. The second-order valence-corrected chi connectivity index (χ2v) is 5.03. The number of nitrogens with zero attached hydrogens (tertiary/aromatic N) is 3. The Labute approximate surface area is 124 Å². The van der Waals surface area contributed by atoms with Crippen molar-refractivity contribution in [1.29, 1.82) is 0 Å². The Kier molecular flexibility index (Phi) is 3.52. The normalized spacial score (nSPS) is 10.8. The van der Waals surface area contributed by atoms with E-state index in [1.165, 1.54) is 0 Å². The summed E-state index contributed by atoms with van der Waals surface area (Å²) in [6.45, 7) is 6.88. The topological polar surface area (TPSA) is 50.7 Å². The molecule has 0 saturated heterocycles. The molecule has 1 aromatic carbocycles. The molecule has 0 bridgehead atoms. The van der Waals surface area contributed by atoms with E-state index in [0.29, 0.717) is 0 Å². The number of rotatable bonds is 3. The molecule has 4 heteroatoms. The molecule has 0 aliphatic heterocycles. The number of nitrogens with one attached hydrogen (secondary N) is 1. The van der Waals surface area contributed by atoms with Gasteiger partial charge in [-0.3, -0.25) is 4.98 Å². The minimum Gasteiger partial charge on any atom is -0.370 e. The number of pyridine rings is 1. The smallest absolute Gasteiger partial charge is 0.133 e. The van der Waals surface area contributed by atoms with Crippen molar-refractivity contribution in [3.8, 4) is 11.3 Å². The maximum atomic E-state index is 4.61. The lowest BCUT2D eigenvalue weighted by Crippen LogP contribution is -2.06. The van der Waals surface area contributed by atoms with Crippen molar-refractivity contribution in [3.63, 3.8) is 0 Å². The molecule has 0 unspecified atom stereocenters. The number of hydrogen-bond donors (Lipinski definition) is 1. The van der Waals surface area contributed by atoms with E-state index in [1.54, 1.807) is 0 Å². The van der Waals surface area contributed by atoms with Crippen LogP contribution in [0.4, 0.5) is 5.82 Å². The monoisotopic (exact) mass is 278 g/mol. The highest BCUT2D eigenvalue weighted by atomic mass is 15.0. The summed E-state index contributed by atoms with van der Waals surface area (Å²) in [6, 6.07) is 10.3. The molecular formula is C17H18N4. The third-order valence-corrected chi connectivity index (χ3v) is 3.48. The highest BCUT2D eigenvalue weighted by Gasteiger charge is 2.11. The molecule has 3 aromatic rings. The van der Waals surface area contributed by atoms with Gasteiger partial charge in [0.15, 0.2) is 0 Å². The van der Waals surface area contributed by atoms with Gasteiger partial charge in [-0.25, -0.2) is 9.97 Å². The Balaban J connectivity index is 2.17. The van der Waals surface area contributed by atoms with Gasteiger partial charge in [0.05, 0.1) is 11.2 Å². The number of anilines is 1. The zero-order valence-corrected chi connectivity index (χ0v) is 12.5. The van der Waals surface area contributed by atoms with E-state index < -0.39 is 0 Å². The lowest BCUT2D eigenvalue weighted by molar-refractivity contribution is 1.02. The largest absolute Gasteiger partial charge is 0.370 e. The van der Waals surface area contributed by atoms with Gasteiger partial charge in [-0.1, -0.05) is 18.2 Å². The predicted octanol–water partition coefficient (Wildman–Crippen LogP) is 3.74. The van der Waals surface area contributed by atoms with E-state index in [4.69, 9.17) is 0 Å². The minimum absolute atomic E-state index is 0.771. The van der Waals surface area contributed by atoms with Crippen molar-refractivity contribution in [2.24, 2.45) is 0 Å². The van der Waals surface area contributed by atoms with Gasteiger partial charge in [0, 0.05) is 29.3 Å². The Morgan fingerprint density at radius 3 is 2.76 bits per heavy atom. The van der Waals surface area contributed by atoms with Crippen LogP contribution in [0.1, 0.15) is 18.3 Å². The van der Waals surface area contributed by atoms with Gasteiger partial charge in [-0.05, 0) is 32.9 Å². The lowest BCUT2D eigenvalue weighted by atomic mass is 10.0. The first kappa shape index (κ1) is 13.5. The van der Waals surface area contributed by atoms with Crippen LogP contribution in [0.3, 0.4) is 0 Å². The summed E-state index contributed by atoms with van der Waals surface area (Å²) in [6.07, 6.45) is 1.81. The summed E-state index contributed by atoms with van der Waals surface area (Å²) in [5.41, 5.74) is 4.09. The molecule has 0 fully saturated rings. The highest BCUT2D eigenvalue weighted by molar-refractivity contribution is 5.84. The summed E-state index contributed by atoms with van der Waals surface area (Å²) in [7, 11) is 0. The fraction of sp³-hybridized carbons (Fsp3) is 0.235. The molecule has 3 rings (SSSR count). The predicted molar refractivity (Wildman–Crippen MR) is 86.4 cm³/mol. The molecule has 21 heavy (non-hydrogen) atoms. The van der Waals surface area contributed by atoms with E-state index >= 15 is 0 Å². The first-order chi connectivity index (χ1) is 10.2.